The predicted octanol–water partition coefficient (Wildman–Crippen LogP) is 2.80. The summed E-state index contributed by atoms with van der Waals surface area (Å²) in [5, 5.41) is 0. The lowest BCUT2D eigenvalue weighted by Gasteiger charge is -2.30. The first-order valence-corrected chi connectivity index (χ1v) is 7.48. The number of hydrogen-bond acceptors (Lipinski definition) is 3. The van der Waals surface area contributed by atoms with E-state index in [0.717, 1.165) is 12.3 Å². The molecular formula is C16H24O3. The summed E-state index contributed by atoms with van der Waals surface area (Å²) in [5.41, 5.74) is 1.28. The highest BCUT2D eigenvalue weighted by molar-refractivity contribution is 5.75. The summed E-state index contributed by atoms with van der Waals surface area (Å²) < 4.78 is 11.0. The quantitative estimate of drug-likeness (QED) is 0.568. The van der Waals surface area contributed by atoms with Gasteiger partial charge in [-0.25, -0.2) is 0 Å². The van der Waals surface area contributed by atoms with Crippen molar-refractivity contribution >= 4 is 5.97 Å². The van der Waals surface area contributed by atoms with Gasteiger partial charge in [0.2, 0.25) is 0 Å². The van der Waals surface area contributed by atoms with Gasteiger partial charge in [0.15, 0.2) is 0 Å². The van der Waals surface area contributed by atoms with Crippen LogP contribution in [0.2, 0.25) is 0 Å². The molecule has 0 bridgehead atoms. The molecule has 1 saturated heterocycles. The van der Waals surface area contributed by atoms with Gasteiger partial charge in [-0.05, 0) is 50.4 Å². The number of esters is 1. The molecule has 2 saturated carbocycles. The molecule has 0 aromatic carbocycles. The molecule has 3 nitrogen and oxygen atoms in total. The molecule has 3 heteroatoms. The van der Waals surface area contributed by atoms with Gasteiger partial charge >= 0.3 is 5.97 Å². The second-order valence-corrected chi connectivity index (χ2v) is 6.54. The summed E-state index contributed by atoms with van der Waals surface area (Å²) in [6, 6.07) is 0. The smallest absolute Gasteiger partial charge is 0.312 e. The number of allylic oxidation sites excluding steroid dienone is 1. The lowest BCUT2D eigenvalue weighted by molar-refractivity contribution is -0.145. The van der Waals surface area contributed by atoms with E-state index in [2.05, 4.69) is 13.5 Å². The molecule has 0 unspecified atom stereocenters. The molecule has 0 radical (unpaired) electrons. The van der Waals surface area contributed by atoms with Crippen molar-refractivity contribution in [3.05, 3.63) is 12.2 Å². The Morgan fingerprint density at radius 1 is 1.32 bits per heavy atom. The first-order valence-electron chi connectivity index (χ1n) is 7.48. The van der Waals surface area contributed by atoms with Crippen molar-refractivity contribution in [2.75, 3.05) is 13.7 Å². The highest BCUT2D eigenvalue weighted by atomic mass is 16.5. The van der Waals surface area contributed by atoms with Crippen molar-refractivity contribution in [1.29, 1.82) is 0 Å². The van der Waals surface area contributed by atoms with Crippen LogP contribution in [0, 0.1) is 29.6 Å². The van der Waals surface area contributed by atoms with Crippen molar-refractivity contribution in [2.45, 2.75) is 38.7 Å². The molecule has 0 N–H and O–H groups in total. The topological polar surface area (TPSA) is 35.5 Å². The summed E-state index contributed by atoms with van der Waals surface area (Å²) in [5.74, 6) is 2.14. The molecule has 106 valence electrons. The van der Waals surface area contributed by atoms with Gasteiger partial charge in [-0.15, -0.1) is 0 Å². The van der Waals surface area contributed by atoms with Crippen molar-refractivity contribution in [3.8, 4) is 0 Å². The average molecular weight is 264 g/mol. The van der Waals surface area contributed by atoms with Crippen LogP contribution in [-0.4, -0.2) is 25.8 Å². The first kappa shape index (κ1) is 13.2. The van der Waals surface area contributed by atoms with Crippen LogP contribution in [0.5, 0.6) is 0 Å². The molecule has 0 amide bonds. The molecule has 1 aliphatic heterocycles. The highest BCUT2D eigenvalue weighted by Crippen LogP contribution is 2.53. The number of methoxy groups -OCH3 is 1. The lowest BCUT2D eigenvalue weighted by atomic mass is 9.73. The first-order chi connectivity index (χ1) is 9.13. The maximum Gasteiger partial charge on any atom is 0.312 e. The van der Waals surface area contributed by atoms with Crippen LogP contribution in [0.4, 0.5) is 0 Å². The minimum atomic E-state index is -0.0417. The lowest BCUT2D eigenvalue weighted by Crippen LogP contribution is -2.35. The minimum absolute atomic E-state index is 0.0372. The molecule has 0 aromatic heterocycles. The largest absolute Gasteiger partial charge is 0.465 e. The summed E-state index contributed by atoms with van der Waals surface area (Å²) in [6.07, 6.45) is 4.75. The summed E-state index contributed by atoms with van der Waals surface area (Å²) in [7, 11) is 1.73. The Hall–Kier alpha value is -0.830. The molecule has 19 heavy (non-hydrogen) atoms. The summed E-state index contributed by atoms with van der Waals surface area (Å²) in [6.45, 7) is 6.90. The zero-order valence-electron chi connectivity index (χ0n) is 11.9. The van der Waals surface area contributed by atoms with E-state index in [0.29, 0.717) is 24.4 Å². The summed E-state index contributed by atoms with van der Waals surface area (Å²) >= 11 is 0. The number of ether oxygens (including phenoxy) is 2. The van der Waals surface area contributed by atoms with Crippen molar-refractivity contribution in [3.63, 3.8) is 0 Å². The SMILES string of the molecule is C=C(C)[C@H]1CC[C@@H]2CC[C@H](OC)[C@@H]3C(=O)OC[C@@H]3[C@H]21. The number of cyclic esters (lactones) is 1. The van der Waals surface area contributed by atoms with Gasteiger partial charge in [0.1, 0.15) is 0 Å². The fourth-order valence-corrected chi connectivity index (χ4v) is 4.82. The maximum absolute atomic E-state index is 12.1. The second-order valence-electron chi connectivity index (χ2n) is 6.54. The van der Waals surface area contributed by atoms with E-state index in [1.54, 1.807) is 7.11 Å². The van der Waals surface area contributed by atoms with E-state index in [4.69, 9.17) is 9.47 Å². The Bertz CT molecular complexity index is 389. The van der Waals surface area contributed by atoms with Gasteiger partial charge in [0.05, 0.1) is 18.6 Å². The van der Waals surface area contributed by atoms with Crippen LogP contribution in [0.3, 0.4) is 0 Å². The van der Waals surface area contributed by atoms with E-state index in [1.807, 2.05) is 0 Å². The Labute approximate surface area is 115 Å². The van der Waals surface area contributed by atoms with Crippen molar-refractivity contribution in [2.24, 2.45) is 29.6 Å². The molecule has 2 aliphatic carbocycles. The van der Waals surface area contributed by atoms with Crippen LogP contribution in [0.25, 0.3) is 0 Å². The Morgan fingerprint density at radius 2 is 2.05 bits per heavy atom. The van der Waals surface area contributed by atoms with Crippen molar-refractivity contribution in [1.82, 2.24) is 0 Å². The Kier molecular flexibility index (Phi) is 3.42. The molecule has 3 aliphatic rings. The van der Waals surface area contributed by atoms with Crippen LogP contribution >= 0.6 is 0 Å². The second kappa shape index (κ2) is 4.93. The van der Waals surface area contributed by atoms with E-state index >= 15 is 0 Å². The molecular weight excluding hydrogens is 240 g/mol. The van der Waals surface area contributed by atoms with Crippen LogP contribution in [-0.2, 0) is 14.3 Å². The Morgan fingerprint density at radius 3 is 2.74 bits per heavy atom. The zero-order chi connectivity index (χ0) is 13.6. The number of fused-ring (bicyclic) bond motifs is 3. The van der Waals surface area contributed by atoms with Gasteiger partial charge in [0.25, 0.3) is 0 Å². The fraction of sp³-hybridized carbons (Fsp3) is 0.812. The minimum Gasteiger partial charge on any atom is -0.465 e. The third-order valence-electron chi connectivity index (χ3n) is 5.66. The van der Waals surface area contributed by atoms with E-state index in [9.17, 15) is 4.79 Å². The molecule has 1 heterocycles. The van der Waals surface area contributed by atoms with Crippen LogP contribution in [0.15, 0.2) is 12.2 Å². The third kappa shape index (κ3) is 2.03. The fourth-order valence-electron chi connectivity index (χ4n) is 4.82. The summed E-state index contributed by atoms with van der Waals surface area (Å²) in [4.78, 5) is 12.1. The maximum atomic E-state index is 12.1. The van der Waals surface area contributed by atoms with Gasteiger partial charge in [-0.3, -0.25) is 4.79 Å². The zero-order valence-corrected chi connectivity index (χ0v) is 11.9. The standard InChI is InChI=1S/C16H24O3/c1-9(2)11-6-4-10-5-7-13(18-3)15-12(14(10)11)8-19-16(15)17/h10-15H,1,4-8H2,2-3H3/t10-,11-,12-,13+,14-,15-/m1/s1. The van der Waals surface area contributed by atoms with Gasteiger partial charge in [-0.2, -0.15) is 0 Å². The third-order valence-corrected chi connectivity index (χ3v) is 5.66. The number of rotatable bonds is 2. The van der Waals surface area contributed by atoms with Gasteiger partial charge < -0.3 is 9.47 Å². The molecule has 6 atom stereocenters. The normalized spacial score (nSPS) is 45.3. The van der Waals surface area contributed by atoms with Crippen LogP contribution in [0.1, 0.15) is 32.6 Å². The van der Waals surface area contributed by atoms with Crippen molar-refractivity contribution < 1.29 is 14.3 Å². The number of carbonyl (C=O) groups is 1. The monoisotopic (exact) mass is 264 g/mol. The molecule has 0 aromatic rings. The van der Waals surface area contributed by atoms with Crippen LogP contribution < -0.4 is 0 Å². The predicted molar refractivity (Wildman–Crippen MR) is 72.5 cm³/mol. The number of carbonyl (C=O) groups excluding carboxylic acids is 1. The van der Waals surface area contributed by atoms with E-state index in [1.165, 1.54) is 24.8 Å². The molecule has 0 spiro atoms. The van der Waals surface area contributed by atoms with E-state index < -0.39 is 0 Å². The van der Waals surface area contributed by atoms with Gasteiger partial charge in [-0.1, -0.05) is 12.2 Å². The Balaban J connectivity index is 1.93. The van der Waals surface area contributed by atoms with E-state index in [-0.39, 0.29) is 18.0 Å². The average Bonchev–Trinajstić information content (AvgIpc) is 2.91. The van der Waals surface area contributed by atoms with Gasteiger partial charge in [0, 0.05) is 13.0 Å². The molecule has 3 fully saturated rings. The number of hydrogen-bond donors (Lipinski definition) is 0. The molecule has 3 rings (SSSR count). The highest BCUT2D eigenvalue weighted by Gasteiger charge is 2.53.